The van der Waals surface area contributed by atoms with Crippen LogP contribution in [-0.2, 0) is 4.79 Å². The molecule has 0 aliphatic carbocycles. The van der Waals surface area contributed by atoms with Crippen molar-refractivity contribution in [1.82, 2.24) is 24.6 Å². The van der Waals surface area contributed by atoms with E-state index in [1.807, 2.05) is 0 Å². The van der Waals surface area contributed by atoms with Gasteiger partial charge >= 0.3 is 0 Å². The summed E-state index contributed by atoms with van der Waals surface area (Å²) in [5, 5.41) is 6.89. The lowest BCUT2D eigenvalue weighted by molar-refractivity contribution is -0.122. The molecule has 0 saturated heterocycles. The summed E-state index contributed by atoms with van der Waals surface area (Å²) in [6, 6.07) is 0. The molecule has 0 unspecified atom stereocenters. The van der Waals surface area contributed by atoms with E-state index in [4.69, 9.17) is 9.90 Å². The van der Waals surface area contributed by atoms with E-state index in [9.17, 15) is 0 Å². The summed E-state index contributed by atoms with van der Waals surface area (Å²) in [6.07, 6.45) is 0. The van der Waals surface area contributed by atoms with E-state index < -0.39 is 0 Å². The van der Waals surface area contributed by atoms with E-state index in [0.29, 0.717) is 0 Å². The van der Waals surface area contributed by atoms with E-state index in [2.05, 4.69) is 0 Å². The number of carboxylic acid groups (broad SMARTS) is 1. The third-order valence-corrected chi connectivity index (χ3v) is 0. The van der Waals surface area contributed by atoms with Crippen molar-refractivity contribution in [2.75, 3.05) is 0 Å². The van der Waals surface area contributed by atoms with Gasteiger partial charge in [0.05, 0.1) is 0 Å². The summed E-state index contributed by atoms with van der Waals surface area (Å²) >= 11 is 0. The van der Waals surface area contributed by atoms with Crippen LogP contribution in [0.1, 0.15) is 0 Å². The van der Waals surface area contributed by atoms with Crippen LogP contribution in [-0.4, -0.2) is 11.6 Å². The van der Waals surface area contributed by atoms with Gasteiger partial charge in [-0.2, -0.15) is 0 Å². The summed E-state index contributed by atoms with van der Waals surface area (Å²) in [7, 11) is 0. The Kier molecular flexibility index (Phi) is 15200. The molecule has 0 heterocycles. The van der Waals surface area contributed by atoms with Gasteiger partial charge in [-0.1, -0.05) is 0 Å². The average molecular weight is 114 g/mol. The lowest BCUT2D eigenvalue weighted by Crippen LogP contribution is -1.49. The molecule has 6 heteroatoms. The zero-order valence-electron chi connectivity index (χ0n) is 4.26. The Bertz CT molecular complexity index is 17.2. The van der Waals surface area contributed by atoms with Crippen LogP contribution in [0.15, 0.2) is 0 Å². The van der Waals surface area contributed by atoms with Crippen LogP contribution >= 0.6 is 0 Å². The summed E-state index contributed by atoms with van der Waals surface area (Å²) in [4.78, 5) is 8.36. The Balaban J connectivity index is -0.00000000333. The van der Waals surface area contributed by atoms with Crippen molar-refractivity contribution in [1.29, 1.82) is 0 Å². The Morgan fingerprint density at radius 3 is 1.00 bits per heavy atom. The van der Waals surface area contributed by atoms with Crippen molar-refractivity contribution >= 4 is 6.47 Å². The molecule has 7 heavy (non-hydrogen) atoms. The van der Waals surface area contributed by atoms with Crippen molar-refractivity contribution in [3.8, 4) is 0 Å². The van der Waals surface area contributed by atoms with Gasteiger partial charge in [0.15, 0.2) is 0 Å². The standard InChI is InChI=1S/CH2O2.4H3N/c2-1-3;;;;/h1H,(H,2,3);4*1H3. The minimum atomic E-state index is -0.250. The highest BCUT2D eigenvalue weighted by molar-refractivity contribution is 5.32. The molecule has 0 aromatic heterocycles. The van der Waals surface area contributed by atoms with Gasteiger partial charge in [-0.25, -0.2) is 0 Å². The lowest BCUT2D eigenvalue weighted by Gasteiger charge is -1.34. The molecule has 0 amide bonds. The zero-order valence-corrected chi connectivity index (χ0v) is 4.26. The van der Waals surface area contributed by atoms with Gasteiger partial charge in [-0.05, 0) is 0 Å². The predicted octanol–water partition coefficient (Wildman–Crippen LogP) is 0.349. The molecule has 0 atom stereocenters. The molecule has 13 N–H and O–H groups in total. The molecule has 0 spiro atoms. The zero-order chi connectivity index (χ0) is 2.71. The molecule has 0 aromatic rings. The molecule has 50 valence electrons. The van der Waals surface area contributed by atoms with Crippen LogP contribution < -0.4 is 24.6 Å². The second kappa shape index (κ2) is 1030. The molecule has 0 fully saturated rings. The topological polar surface area (TPSA) is 177 Å². The number of hydrogen-bond acceptors (Lipinski definition) is 5. The average Bonchev–Trinajstić information content (AvgIpc) is 0.918. The summed E-state index contributed by atoms with van der Waals surface area (Å²) in [6.45, 7) is -0.250. The van der Waals surface area contributed by atoms with Gasteiger partial charge in [0.2, 0.25) is 0 Å². The molecule has 0 bridgehead atoms. The fourth-order valence-corrected chi connectivity index (χ4v) is 0. The number of rotatable bonds is 0. The summed E-state index contributed by atoms with van der Waals surface area (Å²) in [5.74, 6) is 0. The Morgan fingerprint density at radius 1 is 1.00 bits per heavy atom. The first-order valence-electron chi connectivity index (χ1n) is 0.494. The van der Waals surface area contributed by atoms with Crippen LogP contribution in [0.4, 0.5) is 0 Å². The van der Waals surface area contributed by atoms with Crippen molar-refractivity contribution in [3.63, 3.8) is 0 Å². The third kappa shape index (κ3) is 122. The first-order valence-corrected chi connectivity index (χ1v) is 0.494. The molecule has 0 aromatic carbocycles. The normalized spacial score (nSPS) is 1.71. The molecule has 0 aliphatic rings. The minimum absolute atomic E-state index is 0. The fraction of sp³-hybridized carbons (Fsp3) is 0. The largest absolute Gasteiger partial charge is 0.483 e. The Morgan fingerprint density at radius 2 is 1.00 bits per heavy atom. The van der Waals surface area contributed by atoms with Crippen LogP contribution in [0.3, 0.4) is 0 Å². The summed E-state index contributed by atoms with van der Waals surface area (Å²) in [5.41, 5.74) is 0. The van der Waals surface area contributed by atoms with Crippen molar-refractivity contribution in [2.45, 2.75) is 0 Å². The quantitative estimate of drug-likeness (QED) is 0.283. The maximum Gasteiger partial charge on any atom is 0.290 e. The van der Waals surface area contributed by atoms with E-state index in [0.717, 1.165) is 0 Å². The van der Waals surface area contributed by atoms with Gasteiger partial charge in [0.1, 0.15) is 0 Å². The smallest absolute Gasteiger partial charge is 0.290 e. The van der Waals surface area contributed by atoms with Crippen molar-refractivity contribution in [3.05, 3.63) is 0 Å². The molecule has 0 aliphatic heterocycles. The van der Waals surface area contributed by atoms with E-state index in [1.54, 1.807) is 0 Å². The second-order valence-electron chi connectivity index (χ2n) is 0.105. The van der Waals surface area contributed by atoms with E-state index in [-0.39, 0.29) is 31.1 Å². The van der Waals surface area contributed by atoms with Gasteiger partial charge in [0, 0.05) is 0 Å². The molecule has 6 nitrogen and oxygen atoms in total. The van der Waals surface area contributed by atoms with Gasteiger partial charge in [0.25, 0.3) is 6.47 Å². The first-order chi connectivity index (χ1) is 1.41. The van der Waals surface area contributed by atoms with Crippen LogP contribution in [0, 0.1) is 0 Å². The molecule has 0 radical (unpaired) electrons. The number of hydrogen-bond donors (Lipinski definition) is 5. The highest BCUT2D eigenvalue weighted by atomic mass is 16.3. The lowest BCUT2D eigenvalue weighted by atomic mass is 11.7. The van der Waals surface area contributed by atoms with Gasteiger partial charge in [-0.15, -0.1) is 0 Å². The second-order valence-corrected chi connectivity index (χ2v) is 0.105. The highest BCUT2D eigenvalue weighted by Gasteiger charge is 1.22. The van der Waals surface area contributed by atoms with Crippen LogP contribution in [0.25, 0.3) is 0 Å². The Hall–Kier alpha value is -0.690. The van der Waals surface area contributed by atoms with Gasteiger partial charge in [-0.3, -0.25) is 4.79 Å². The molecular formula is CH14N4O2. The molecule has 0 saturated carbocycles. The maximum atomic E-state index is 8.36. The van der Waals surface area contributed by atoms with Crippen LogP contribution in [0.2, 0.25) is 0 Å². The number of carbonyl (C=O) groups is 1. The van der Waals surface area contributed by atoms with E-state index in [1.165, 1.54) is 0 Å². The molecular weight excluding hydrogens is 100 g/mol. The third-order valence-electron chi connectivity index (χ3n) is 0. The van der Waals surface area contributed by atoms with Crippen molar-refractivity contribution in [2.24, 2.45) is 0 Å². The maximum absolute atomic E-state index is 8.36. The minimum Gasteiger partial charge on any atom is -0.483 e. The monoisotopic (exact) mass is 114 g/mol. The highest BCUT2D eigenvalue weighted by Crippen LogP contribution is 0.966. The first kappa shape index (κ1) is 104. The Labute approximate surface area is 42.2 Å². The molecule has 0 rings (SSSR count). The van der Waals surface area contributed by atoms with Gasteiger partial charge < -0.3 is 29.7 Å². The summed E-state index contributed by atoms with van der Waals surface area (Å²) < 4.78 is 0. The fourth-order valence-electron chi connectivity index (χ4n) is 0. The van der Waals surface area contributed by atoms with E-state index >= 15 is 0 Å². The van der Waals surface area contributed by atoms with Crippen molar-refractivity contribution < 1.29 is 9.90 Å². The van der Waals surface area contributed by atoms with Crippen LogP contribution in [0.5, 0.6) is 0 Å². The SMILES string of the molecule is N.N.N.N.O=CO. The predicted molar refractivity (Wildman–Crippen MR) is 28.8 cm³/mol.